The number of nitrogens with zero attached hydrogens (tertiary/aromatic N) is 2. The minimum absolute atomic E-state index is 0.0368. The van der Waals surface area contributed by atoms with Crippen molar-refractivity contribution in [1.82, 2.24) is 9.88 Å². The van der Waals surface area contributed by atoms with E-state index < -0.39 is 5.60 Å². The first-order chi connectivity index (χ1) is 11.2. The third-order valence-corrected chi connectivity index (χ3v) is 4.78. The van der Waals surface area contributed by atoms with Crippen LogP contribution in [0, 0.1) is 0 Å². The Labute approximate surface area is 134 Å². The number of hydrogen-bond acceptors (Lipinski definition) is 4. The van der Waals surface area contributed by atoms with Crippen LogP contribution in [0.3, 0.4) is 0 Å². The molecule has 2 aromatic rings. The van der Waals surface area contributed by atoms with Gasteiger partial charge in [0.05, 0.1) is 17.6 Å². The molecule has 0 saturated carbocycles. The summed E-state index contributed by atoms with van der Waals surface area (Å²) in [6.07, 6.45) is 4.51. The number of ether oxygens (including phenoxy) is 1. The summed E-state index contributed by atoms with van der Waals surface area (Å²) in [5.74, 6) is -0.183. The normalized spacial score (nSPS) is 24.2. The van der Waals surface area contributed by atoms with E-state index in [4.69, 9.17) is 4.74 Å². The predicted octanol–water partition coefficient (Wildman–Crippen LogP) is 2.55. The van der Waals surface area contributed by atoms with Gasteiger partial charge in [0.2, 0.25) is 0 Å². The minimum atomic E-state index is -0.463. The van der Waals surface area contributed by atoms with Crippen molar-refractivity contribution in [2.75, 3.05) is 13.1 Å². The van der Waals surface area contributed by atoms with Crippen molar-refractivity contribution in [2.45, 2.75) is 31.3 Å². The van der Waals surface area contributed by atoms with Crippen molar-refractivity contribution in [2.24, 2.45) is 0 Å². The van der Waals surface area contributed by atoms with E-state index in [-0.39, 0.29) is 11.9 Å². The average Bonchev–Trinajstić information content (AvgIpc) is 2.93. The number of benzene rings is 1. The Morgan fingerprint density at radius 3 is 2.96 bits per heavy atom. The molecule has 0 bridgehead atoms. The second-order valence-electron chi connectivity index (χ2n) is 6.40. The van der Waals surface area contributed by atoms with Crippen LogP contribution in [-0.2, 0) is 9.53 Å². The predicted molar refractivity (Wildman–Crippen MR) is 84.9 cm³/mol. The van der Waals surface area contributed by atoms with Crippen LogP contribution < -0.4 is 0 Å². The Balaban J connectivity index is 1.58. The van der Waals surface area contributed by atoms with E-state index in [0.29, 0.717) is 31.5 Å². The van der Waals surface area contributed by atoms with Gasteiger partial charge < -0.3 is 9.64 Å². The van der Waals surface area contributed by atoms with E-state index in [1.807, 2.05) is 30.3 Å². The second-order valence-corrected chi connectivity index (χ2v) is 6.40. The first kappa shape index (κ1) is 14.2. The van der Waals surface area contributed by atoms with Crippen LogP contribution in [0.15, 0.2) is 36.5 Å². The summed E-state index contributed by atoms with van der Waals surface area (Å²) in [5, 5.41) is 0.956. The molecule has 5 heteroatoms. The van der Waals surface area contributed by atoms with E-state index in [9.17, 15) is 9.59 Å². The van der Waals surface area contributed by atoms with E-state index in [1.54, 1.807) is 11.1 Å². The van der Waals surface area contributed by atoms with Crippen LogP contribution in [0.1, 0.15) is 36.0 Å². The third-order valence-electron chi connectivity index (χ3n) is 4.78. The molecule has 2 aliphatic heterocycles. The number of hydrogen-bond donors (Lipinski definition) is 0. The lowest BCUT2D eigenvalue weighted by atomic mass is 9.89. The fraction of sp³-hybridized carbons (Fsp3) is 0.389. The molecule has 0 N–H and O–H groups in total. The van der Waals surface area contributed by atoms with Gasteiger partial charge in [-0.1, -0.05) is 18.2 Å². The highest BCUT2D eigenvalue weighted by Gasteiger charge is 2.44. The quantitative estimate of drug-likeness (QED) is 0.760. The fourth-order valence-electron chi connectivity index (χ4n) is 3.60. The number of carbonyl (C=O) groups is 2. The maximum absolute atomic E-state index is 12.8. The number of amides is 1. The number of fused-ring (bicyclic) bond motifs is 1. The Morgan fingerprint density at radius 1 is 1.26 bits per heavy atom. The SMILES string of the molecule is O=C1CCC2(CCCN(C(=O)c3cnc4ccccc4c3)C2)O1. The van der Waals surface area contributed by atoms with Gasteiger partial charge in [0.15, 0.2) is 0 Å². The highest BCUT2D eigenvalue weighted by Crippen LogP contribution is 2.35. The molecule has 2 aliphatic rings. The Morgan fingerprint density at radius 2 is 2.13 bits per heavy atom. The smallest absolute Gasteiger partial charge is 0.306 e. The number of para-hydroxylation sites is 1. The van der Waals surface area contributed by atoms with Gasteiger partial charge in [-0.3, -0.25) is 14.6 Å². The number of likely N-dealkylation sites (tertiary alicyclic amines) is 1. The molecule has 1 aromatic heterocycles. The van der Waals surface area contributed by atoms with Crippen LogP contribution in [-0.4, -0.2) is 40.5 Å². The number of piperidine rings is 1. The Kier molecular flexibility index (Phi) is 3.29. The molecule has 1 atom stereocenters. The third kappa shape index (κ3) is 2.56. The van der Waals surface area contributed by atoms with Crippen LogP contribution >= 0.6 is 0 Å². The van der Waals surface area contributed by atoms with Crippen LogP contribution in [0.25, 0.3) is 10.9 Å². The van der Waals surface area contributed by atoms with Gasteiger partial charge in [-0.05, 0) is 31.4 Å². The Hall–Kier alpha value is -2.43. The largest absolute Gasteiger partial charge is 0.457 e. The zero-order valence-corrected chi connectivity index (χ0v) is 12.8. The summed E-state index contributed by atoms with van der Waals surface area (Å²) in [7, 11) is 0. The molecule has 118 valence electrons. The van der Waals surface area contributed by atoms with E-state index in [2.05, 4.69) is 4.98 Å². The van der Waals surface area contributed by atoms with Gasteiger partial charge in [-0.25, -0.2) is 0 Å². The fourth-order valence-corrected chi connectivity index (χ4v) is 3.60. The first-order valence-electron chi connectivity index (χ1n) is 8.01. The standard InChI is InChI=1S/C18H18N2O3/c21-16-6-8-18(23-16)7-3-9-20(12-18)17(22)14-10-13-4-1-2-5-15(13)19-11-14/h1-2,4-5,10-11H,3,6-9,12H2. The molecule has 1 amide bonds. The number of rotatable bonds is 1. The van der Waals surface area contributed by atoms with Crippen molar-refractivity contribution in [1.29, 1.82) is 0 Å². The molecular weight excluding hydrogens is 292 g/mol. The first-order valence-corrected chi connectivity index (χ1v) is 8.01. The van der Waals surface area contributed by atoms with Gasteiger partial charge >= 0.3 is 5.97 Å². The number of carbonyl (C=O) groups excluding carboxylic acids is 2. The van der Waals surface area contributed by atoms with Crippen molar-refractivity contribution >= 4 is 22.8 Å². The van der Waals surface area contributed by atoms with Crippen molar-refractivity contribution in [3.05, 3.63) is 42.1 Å². The molecule has 1 aromatic carbocycles. The lowest BCUT2D eigenvalue weighted by Crippen LogP contribution is -2.50. The molecule has 2 fully saturated rings. The summed E-state index contributed by atoms with van der Waals surface area (Å²) in [4.78, 5) is 30.4. The molecule has 23 heavy (non-hydrogen) atoms. The van der Waals surface area contributed by atoms with Crippen molar-refractivity contribution < 1.29 is 14.3 Å². The number of pyridine rings is 1. The van der Waals surface area contributed by atoms with Gasteiger partial charge in [0.1, 0.15) is 5.60 Å². The average molecular weight is 310 g/mol. The summed E-state index contributed by atoms with van der Waals surface area (Å²) in [5.41, 5.74) is 1.00. The summed E-state index contributed by atoms with van der Waals surface area (Å²) in [6.45, 7) is 1.19. The van der Waals surface area contributed by atoms with Crippen LogP contribution in [0.4, 0.5) is 0 Å². The van der Waals surface area contributed by atoms with Crippen LogP contribution in [0.5, 0.6) is 0 Å². The molecule has 1 spiro atoms. The van der Waals surface area contributed by atoms with Gasteiger partial charge in [0, 0.05) is 24.5 Å². The number of esters is 1. The molecule has 1 unspecified atom stereocenters. The number of aromatic nitrogens is 1. The van der Waals surface area contributed by atoms with Gasteiger partial charge in [-0.15, -0.1) is 0 Å². The highest BCUT2D eigenvalue weighted by atomic mass is 16.6. The molecule has 0 radical (unpaired) electrons. The van der Waals surface area contributed by atoms with E-state index >= 15 is 0 Å². The van der Waals surface area contributed by atoms with E-state index in [0.717, 1.165) is 23.7 Å². The maximum atomic E-state index is 12.8. The maximum Gasteiger partial charge on any atom is 0.306 e. The minimum Gasteiger partial charge on any atom is -0.457 e. The molecule has 3 heterocycles. The molecule has 2 saturated heterocycles. The lowest BCUT2D eigenvalue weighted by molar-refractivity contribution is -0.151. The second kappa shape index (κ2) is 5.33. The zero-order chi connectivity index (χ0) is 15.9. The molecule has 0 aliphatic carbocycles. The van der Waals surface area contributed by atoms with Crippen molar-refractivity contribution in [3.63, 3.8) is 0 Å². The molecule has 4 rings (SSSR count). The highest BCUT2D eigenvalue weighted by molar-refractivity contribution is 5.97. The van der Waals surface area contributed by atoms with Gasteiger partial charge in [0.25, 0.3) is 5.91 Å². The lowest BCUT2D eigenvalue weighted by Gasteiger charge is -2.39. The van der Waals surface area contributed by atoms with Crippen LogP contribution in [0.2, 0.25) is 0 Å². The van der Waals surface area contributed by atoms with Crippen molar-refractivity contribution in [3.8, 4) is 0 Å². The monoisotopic (exact) mass is 310 g/mol. The van der Waals surface area contributed by atoms with E-state index in [1.165, 1.54) is 0 Å². The molecule has 5 nitrogen and oxygen atoms in total. The van der Waals surface area contributed by atoms with Gasteiger partial charge in [-0.2, -0.15) is 0 Å². The zero-order valence-electron chi connectivity index (χ0n) is 12.8. The topological polar surface area (TPSA) is 59.5 Å². The summed E-state index contributed by atoms with van der Waals surface area (Å²) < 4.78 is 5.53. The summed E-state index contributed by atoms with van der Waals surface area (Å²) in [6, 6.07) is 9.63. The molecular formula is C18H18N2O3. The summed E-state index contributed by atoms with van der Waals surface area (Å²) >= 11 is 0. The Bertz CT molecular complexity index is 789.